The van der Waals surface area contributed by atoms with E-state index < -0.39 is 5.54 Å². The molecule has 3 fully saturated rings. The third kappa shape index (κ3) is 4.42. The average Bonchev–Trinajstić information content (AvgIpc) is 3.52. The Morgan fingerprint density at radius 3 is 2.35 bits per heavy atom. The lowest BCUT2D eigenvalue weighted by Crippen LogP contribution is -2.62. The molecule has 1 amide bonds. The van der Waals surface area contributed by atoms with E-state index in [2.05, 4.69) is 10.2 Å². The Morgan fingerprint density at radius 1 is 1.00 bits per heavy atom. The standard InChI is InChI=1S/C27H32N2O5/c1-32-24(30)20-7-9-21(10-8-20)26(12-13-26)28-25(31)27(14-17-33-18-15-27)29-16-11-23(19-29)34-22-5-3-2-4-6-22/h2-10,23H,11-19H2,1H3,(H,28,31)/t23-/m1/s1. The molecule has 7 nitrogen and oxygen atoms in total. The molecule has 0 radical (unpaired) electrons. The van der Waals surface area contributed by atoms with Gasteiger partial charge in [0.15, 0.2) is 0 Å². The molecule has 1 saturated carbocycles. The summed E-state index contributed by atoms with van der Waals surface area (Å²) < 4.78 is 16.7. The highest BCUT2D eigenvalue weighted by atomic mass is 16.5. The second-order valence-electron chi connectivity index (χ2n) is 9.54. The second kappa shape index (κ2) is 9.39. The van der Waals surface area contributed by atoms with Crippen LogP contribution in [0.2, 0.25) is 0 Å². The number of para-hydroxylation sites is 1. The molecule has 2 aromatic rings. The summed E-state index contributed by atoms with van der Waals surface area (Å²) in [5.74, 6) is 0.584. The number of carbonyl (C=O) groups is 2. The highest BCUT2D eigenvalue weighted by Gasteiger charge is 2.53. The highest BCUT2D eigenvalue weighted by Crippen LogP contribution is 2.46. The minimum atomic E-state index is -0.589. The zero-order valence-electron chi connectivity index (χ0n) is 19.6. The number of likely N-dealkylation sites (tertiary alicyclic amines) is 1. The molecular weight excluding hydrogens is 432 g/mol. The summed E-state index contributed by atoms with van der Waals surface area (Å²) in [6.45, 7) is 2.71. The summed E-state index contributed by atoms with van der Waals surface area (Å²) in [7, 11) is 1.37. The quantitative estimate of drug-likeness (QED) is 0.634. The number of hydrogen-bond acceptors (Lipinski definition) is 6. The molecule has 7 heteroatoms. The fraction of sp³-hybridized carbons (Fsp3) is 0.481. The van der Waals surface area contributed by atoms with E-state index in [4.69, 9.17) is 14.2 Å². The van der Waals surface area contributed by atoms with Gasteiger partial charge >= 0.3 is 5.97 Å². The van der Waals surface area contributed by atoms with Crippen molar-refractivity contribution in [3.8, 4) is 5.75 Å². The topological polar surface area (TPSA) is 77.1 Å². The van der Waals surface area contributed by atoms with Crippen LogP contribution in [0.3, 0.4) is 0 Å². The molecule has 0 unspecified atom stereocenters. The van der Waals surface area contributed by atoms with Crippen LogP contribution in [0.15, 0.2) is 54.6 Å². The van der Waals surface area contributed by atoms with Gasteiger partial charge in [-0.3, -0.25) is 9.69 Å². The zero-order valence-corrected chi connectivity index (χ0v) is 19.6. The molecule has 1 N–H and O–H groups in total. The van der Waals surface area contributed by atoms with Gasteiger partial charge in [-0.15, -0.1) is 0 Å². The first-order valence-electron chi connectivity index (χ1n) is 12.1. The molecule has 1 atom stereocenters. The molecule has 5 rings (SSSR count). The van der Waals surface area contributed by atoms with Crippen molar-refractivity contribution in [2.75, 3.05) is 33.4 Å². The maximum atomic E-state index is 13.9. The van der Waals surface area contributed by atoms with Gasteiger partial charge in [0, 0.05) is 26.3 Å². The maximum Gasteiger partial charge on any atom is 0.337 e. The van der Waals surface area contributed by atoms with Crippen molar-refractivity contribution < 1.29 is 23.8 Å². The van der Waals surface area contributed by atoms with Gasteiger partial charge in [0.1, 0.15) is 17.4 Å². The van der Waals surface area contributed by atoms with Gasteiger partial charge in [0.2, 0.25) is 5.91 Å². The predicted molar refractivity (Wildman–Crippen MR) is 127 cm³/mol. The number of nitrogens with one attached hydrogen (secondary N) is 1. The molecule has 34 heavy (non-hydrogen) atoms. The van der Waals surface area contributed by atoms with Crippen molar-refractivity contribution in [2.45, 2.75) is 49.3 Å². The van der Waals surface area contributed by atoms with Crippen LogP contribution in [0.4, 0.5) is 0 Å². The SMILES string of the molecule is COC(=O)c1ccc(C2(NC(=O)C3(N4CC[C@@H](Oc5ccccc5)C4)CCOCC3)CC2)cc1. The first kappa shape index (κ1) is 22.9. The number of methoxy groups -OCH3 is 1. The first-order chi connectivity index (χ1) is 16.5. The van der Waals surface area contributed by atoms with Crippen LogP contribution in [0.25, 0.3) is 0 Å². The third-order valence-electron chi connectivity index (χ3n) is 7.50. The van der Waals surface area contributed by atoms with Crippen LogP contribution in [0.5, 0.6) is 5.75 Å². The van der Waals surface area contributed by atoms with Crippen molar-refractivity contribution in [1.29, 1.82) is 0 Å². The van der Waals surface area contributed by atoms with Crippen LogP contribution >= 0.6 is 0 Å². The van der Waals surface area contributed by atoms with Gasteiger partial charge in [-0.25, -0.2) is 4.79 Å². The number of amides is 1. The fourth-order valence-corrected chi connectivity index (χ4v) is 5.29. The number of ether oxygens (including phenoxy) is 3. The van der Waals surface area contributed by atoms with E-state index in [1.807, 2.05) is 42.5 Å². The van der Waals surface area contributed by atoms with Crippen LogP contribution in [0.1, 0.15) is 48.0 Å². The molecule has 2 aliphatic heterocycles. The Kier molecular flexibility index (Phi) is 6.32. The van der Waals surface area contributed by atoms with Crippen molar-refractivity contribution in [3.63, 3.8) is 0 Å². The summed E-state index contributed by atoms with van der Waals surface area (Å²) in [6, 6.07) is 17.3. The summed E-state index contributed by atoms with van der Waals surface area (Å²) in [5, 5.41) is 3.41. The maximum absolute atomic E-state index is 13.9. The van der Waals surface area contributed by atoms with Crippen LogP contribution in [0, 0.1) is 0 Å². The Morgan fingerprint density at radius 2 is 1.71 bits per heavy atom. The lowest BCUT2D eigenvalue weighted by Gasteiger charge is -2.43. The minimum absolute atomic E-state index is 0.0654. The van der Waals surface area contributed by atoms with E-state index >= 15 is 0 Å². The molecule has 0 aromatic heterocycles. The lowest BCUT2D eigenvalue weighted by molar-refractivity contribution is -0.141. The van der Waals surface area contributed by atoms with Crippen LogP contribution in [-0.2, 0) is 19.8 Å². The highest BCUT2D eigenvalue weighted by molar-refractivity contribution is 5.90. The normalized spacial score (nSPS) is 23.1. The van der Waals surface area contributed by atoms with Crippen molar-refractivity contribution >= 4 is 11.9 Å². The molecule has 0 spiro atoms. The van der Waals surface area contributed by atoms with E-state index in [0.717, 1.165) is 43.7 Å². The van der Waals surface area contributed by atoms with Crippen molar-refractivity contribution in [3.05, 3.63) is 65.7 Å². The Balaban J connectivity index is 1.30. The number of nitrogens with zero attached hydrogens (tertiary/aromatic N) is 1. The summed E-state index contributed by atoms with van der Waals surface area (Å²) >= 11 is 0. The van der Waals surface area contributed by atoms with Gasteiger partial charge in [0.25, 0.3) is 0 Å². The molecule has 1 aliphatic carbocycles. The fourth-order valence-electron chi connectivity index (χ4n) is 5.29. The predicted octanol–water partition coefficient (Wildman–Crippen LogP) is 3.28. The summed E-state index contributed by atoms with van der Waals surface area (Å²) in [4.78, 5) is 28.0. The molecular formula is C27H32N2O5. The van der Waals surface area contributed by atoms with Crippen molar-refractivity contribution in [1.82, 2.24) is 10.2 Å². The monoisotopic (exact) mass is 464 g/mol. The van der Waals surface area contributed by atoms with E-state index in [9.17, 15) is 9.59 Å². The zero-order chi connectivity index (χ0) is 23.6. The average molecular weight is 465 g/mol. The lowest BCUT2D eigenvalue weighted by atomic mass is 9.86. The van der Waals surface area contributed by atoms with Gasteiger partial charge < -0.3 is 19.5 Å². The van der Waals surface area contributed by atoms with E-state index in [-0.39, 0.29) is 23.5 Å². The number of hydrogen-bond donors (Lipinski definition) is 1. The van der Waals surface area contributed by atoms with Crippen molar-refractivity contribution in [2.24, 2.45) is 0 Å². The van der Waals surface area contributed by atoms with Crippen LogP contribution in [-0.4, -0.2) is 61.8 Å². The summed E-state index contributed by atoms with van der Waals surface area (Å²) in [5.41, 5.74) is 0.587. The summed E-state index contributed by atoms with van der Waals surface area (Å²) in [6.07, 6.45) is 4.09. The molecule has 2 heterocycles. The molecule has 0 bridgehead atoms. The van der Waals surface area contributed by atoms with Crippen LogP contribution < -0.4 is 10.1 Å². The van der Waals surface area contributed by atoms with Gasteiger partial charge in [-0.2, -0.15) is 0 Å². The second-order valence-corrected chi connectivity index (χ2v) is 9.54. The molecule has 180 valence electrons. The van der Waals surface area contributed by atoms with E-state index in [1.54, 1.807) is 12.1 Å². The first-order valence-corrected chi connectivity index (χ1v) is 12.1. The number of rotatable bonds is 7. The minimum Gasteiger partial charge on any atom is -0.489 e. The third-order valence-corrected chi connectivity index (χ3v) is 7.50. The Bertz CT molecular complexity index is 1010. The molecule has 2 saturated heterocycles. The molecule has 3 aliphatic rings. The molecule has 2 aromatic carbocycles. The van der Waals surface area contributed by atoms with E-state index in [0.29, 0.717) is 31.6 Å². The Hall–Kier alpha value is -2.90. The smallest absolute Gasteiger partial charge is 0.337 e. The number of benzene rings is 2. The number of carbonyl (C=O) groups excluding carboxylic acids is 2. The Labute approximate surface area is 200 Å². The van der Waals surface area contributed by atoms with Gasteiger partial charge in [-0.05, 0) is 61.9 Å². The van der Waals surface area contributed by atoms with Gasteiger partial charge in [0.05, 0.1) is 18.2 Å². The van der Waals surface area contributed by atoms with E-state index in [1.165, 1.54) is 7.11 Å². The largest absolute Gasteiger partial charge is 0.489 e. The number of esters is 1. The van der Waals surface area contributed by atoms with Gasteiger partial charge in [-0.1, -0.05) is 30.3 Å².